The summed E-state index contributed by atoms with van der Waals surface area (Å²) < 4.78 is 12.1. The first-order chi connectivity index (χ1) is 13.6. The number of rotatable bonds is 6. The number of aryl methyl sites for hydroxylation is 2. The summed E-state index contributed by atoms with van der Waals surface area (Å²) in [5.41, 5.74) is 5.81. The number of carboxylic acid groups (broad SMARTS) is 1. The maximum absolute atomic E-state index is 10.9. The number of carboxylic acids is 1. The fourth-order valence-electron chi connectivity index (χ4n) is 3.97. The van der Waals surface area contributed by atoms with E-state index in [4.69, 9.17) is 14.6 Å². The fraction of sp³-hybridized carbons (Fsp3) is 0.478. The molecular weight excluding hydrogens is 368 g/mol. The van der Waals surface area contributed by atoms with Crippen molar-refractivity contribution in [3.05, 3.63) is 45.6 Å². The van der Waals surface area contributed by atoms with Crippen molar-refractivity contribution in [3.63, 3.8) is 0 Å². The van der Waals surface area contributed by atoms with E-state index >= 15 is 0 Å². The molecule has 3 rings (SSSR count). The van der Waals surface area contributed by atoms with E-state index in [1.807, 2.05) is 33.8 Å². The van der Waals surface area contributed by atoms with Crippen LogP contribution in [0.2, 0.25) is 0 Å². The maximum atomic E-state index is 10.9. The number of pyridine rings is 1. The third kappa shape index (κ3) is 4.47. The van der Waals surface area contributed by atoms with Crippen molar-refractivity contribution < 1.29 is 19.4 Å². The van der Waals surface area contributed by atoms with Crippen molar-refractivity contribution in [2.24, 2.45) is 0 Å². The van der Waals surface area contributed by atoms with Gasteiger partial charge in [-0.3, -0.25) is 0 Å². The predicted octanol–water partition coefficient (Wildman–Crippen LogP) is 4.28. The molecule has 0 saturated heterocycles. The molecule has 1 aromatic heterocycles. The van der Waals surface area contributed by atoms with E-state index in [2.05, 4.69) is 30.2 Å². The summed E-state index contributed by atoms with van der Waals surface area (Å²) in [7, 11) is 0. The molecule has 6 nitrogen and oxygen atoms in total. The fourth-order valence-corrected chi connectivity index (χ4v) is 3.97. The van der Waals surface area contributed by atoms with Crippen LogP contribution in [0, 0.1) is 34.6 Å². The Bertz CT molecular complexity index is 934. The summed E-state index contributed by atoms with van der Waals surface area (Å²) in [6.07, 6.45) is 1.70. The van der Waals surface area contributed by atoms with Crippen molar-refractivity contribution >= 4 is 11.8 Å². The Hall–Kier alpha value is -2.76. The monoisotopic (exact) mass is 398 g/mol. The van der Waals surface area contributed by atoms with E-state index in [9.17, 15) is 4.79 Å². The van der Waals surface area contributed by atoms with Gasteiger partial charge >= 0.3 is 5.97 Å². The lowest BCUT2D eigenvalue weighted by molar-refractivity contribution is -0.139. The molecule has 0 saturated carbocycles. The van der Waals surface area contributed by atoms with E-state index < -0.39 is 5.97 Å². The molecule has 0 bridgehead atoms. The summed E-state index contributed by atoms with van der Waals surface area (Å²) in [6.45, 7) is 12.4. The minimum atomic E-state index is -0.978. The summed E-state index contributed by atoms with van der Waals surface area (Å²) >= 11 is 0. The average Bonchev–Trinajstić information content (AvgIpc) is 2.64. The number of nitrogens with one attached hydrogen (secondary N) is 1. The zero-order chi connectivity index (χ0) is 21.3. The third-order valence-corrected chi connectivity index (χ3v) is 5.64. The molecule has 6 heteroatoms. The third-order valence-electron chi connectivity index (χ3n) is 5.64. The predicted molar refractivity (Wildman–Crippen MR) is 113 cm³/mol. The smallest absolute Gasteiger partial charge is 0.341 e. The Morgan fingerprint density at radius 3 is 2.59 bits per heavy atom. The number of nitrogens with zero attached hydrogens (tertiary/aromatic N) is 1. The number of benzene rings is 1. The Kier molecular flexibility index (Phi) is 5.73. The van der Waals surface area contributed by atoms with Gasteiger partial charge in [0.1, 0.15) is 22.9 Å². The van der Waals surface area contributed by atoms with Gasteiger partial charge in [-0.05, 0) is 88.8 Å². The van der Waals surface area contributed by atoms with Gasteiger partial charge in [-0.15, -0.1) is 0 Å². The minimum Gasteiger partial charge on any atom is -0.485 e. The molecule has 1 unspecified atom stereocenters. The van der Waals surface area contributed by atoms with Crippen LogP contribution >= 0.6 is 0 Å². The lowest BCUT2D eigenvalue weighted by Crippen LogP contribution is -2.43. The van der Waals surface area contributed by atoms with Gasteiger partial charge in [-0.25, -0.2) is 9.78 Å². The van der Waals surface area contributed by atoms with Gasteiger partial charge < -0.3 is 19.9 Å². The zero-order valence-electron chi connectivity index (χ0n) is 18.1. The van der Waals surface area contributed by atoms with Gasteiger partial charge in [-0.2, -0.15) is 0 Å². The van der Waals surface area contributed by atoms with Crippen LogP contribution in [0.5, 0.6) is 11.5 Å². The molecule has 2 aromatic rings. The van der Waals surface area contributed by atoms with Crippen molar-refractivity contribution in [3.8, 4) is 11.5 Å². The van der Waals surface area contributed by atoms with Crippen LogP contribution in [0.4, 0.5) is 5.82 Å². The molecule has 0 radical (unpaired) electrons. The molecule has 29 heavy (non-hydrogen) atoms. The van der Waals surface area contributed by atoms with Crippen molar-refractivity contribution in [1.82, 2.24) is 4.98 Å². The molecule has 2 N–H and O–H groups in total. The van der Waals surface area contributed by atoms with Gasteiger partial charge in [0.15, 0.2) is 6.61 Å². The van der Waals surface area contributed by atoms with E-state index in [0.29, 0.717) is 12.3 Å². The SMILES string of the molecule is Cc1cc(C)nc(NCC2(C)CCc3c(C)c(OCC(=O)O)c(C)c(C)c3O2)c1. The van der Waals surface area contributed by atoms with Gasteiger partial charge in [0.25, 0.3) is 0 Å². The lowest BCUT2D eigenvalue weighted by atomic mass is 9.87. The number of carbonyl (C=O) groups is 1. The van der Waals surface area contributed by atoms with E-state index in [1.165, 1.54) is 5.56 Å². The van der Waals surface area contributed by atoms with Crippen LogP contribution in [-0.4, -0.2) is 34.8 Å². The number of ether oxygens (including phenoxy) is 2. The molecule has 1 aliphatic heterocycles. The van der Waals surface area contributed by atoms with Crippen LogP contribution in [-0.2, 0) is 11.2 Å². The van der Waals surface area contributed by atoms with Crippen LogP contribution in [0.15, 0.2) is 12.1 Å². The maximum Gasteiger partial charge on any atom is 0.341 e. The van der Waals surface area contributed by atoms with Crippen LogP contribution in [0.1, 0.15) is 46.9 Å². The summed E-state index contributed by atoms with van der Waals surface area (Å²) in [4.78, 5) is 15.5. The Labute approximate surface area is 172 Å². The second-order valence-electron chi connectivity index (χ2n) is 8.27. The summed E-state index contributed by atoms with van der Waals surface area (Å²) in [6, 6.07) is 4.10. The van der Waals surface area contributed by atoms with Crippen LogP contribution in [0.25, 0.3) is 0 Å². The van der Waals surface area contributed by atoms with Gasteiger partial charge in [0.2, 0.25) is 0 Å². The molecule has 1 atom stereocenters. The highest BCUT2D eigenvalue weighted by atomic mass is 16.5. The molecular formula is C23H30N2O4. The molecule has 0 fully saturated rings. The van der Waals surface area contributed by atoms with Crippen molar-refractivity contribution in [2.75, 3.05) is 18.5 Å². The highest BCUT2D eigenvalue weighted by Crippen LogP contribution is 2.43. The normalized spacial score (nSPS) is 18.0. The lowest BCUT2D eigenvalue weighted by Gasteiger charge is -2.38. The van der Waals surface area contributed by atoms with Crippen molar-refractivity contribution in [1.29, 1.82) is 0 Å². The molecule has 1 aliphatic rings. The first-order valence-electron chi connectivity index (χ1n) is 9.95. The largest absolute Gasteiger partial charge is 0.485 e. The molecule has 2 heterocycles. The average molecular weight is 399 g/mol. The zero-order valence-corrected chi connectivity index (χ0v) is 18.1. The molecule has 0 aliphatic carbocycles. The number of aliphatic carboxylic acids is 1. The molecule has 0 spiro atoms. The highest BCUT2D eigenvalue weighted by Gasteiger charge is 2.35. The van der Waals surface area contributed by atoms with E-state index in [1.54, 1.807) is 0 Å². The van der Waals surface area contributed by atoms with Gasteiger partial charge in [0, 0.05) is 11.3 Å². The Morgan fingerprint density at radius 2 is 1.93 bits per heavy atom. The highest BCUT2D eigenvalue weighted by molar-refractivity contribution is 5.69. The molecule has 1 aromatic carbocycles. The van der Waals surface area contributed by atoms with Gasteiger partial charge in [0.05, 0.1) is 6.54 Å². The number of fused-ring (bicyclic) bond motifs is 1. The standard InChI is InChI=1S/C23H30N2O4/c1-13-9-14(2)25-19(10-13)24-12-23(6)8-7-18-17(5)21(28-11-20(26)27)15(3)16(4)22(18)29-23/h9-10H,7-8,11-12H2,1-6H3,(H,24,25)(H,26,27). The first kappa shape index (κ1) is 21.0. The van der Waals surface area contributed by atoms with Crippen LogP contribution in [0.3, 0.4) is 0 Å². The number of hydrogen-bond acceptors (Lipinski definition) is 5. The number of hydrogen-bond donors (Lipinski definition) is 2. The summed E-state index contributed by atoms with van der Waals surface area (Å²) in [5, 5.41) is 12.4. The number of anilines is 1. The number of aromatic nitrogens is 1. The summed E-state index contributed by atoms with van der Waals surface area (Å²) in [5.74, 6) is 1.44. The van der Waals surface area contributed by atoms with E-state index in [-0.39, 0.29) is 12.2 Å². The van der Waals surface area contributed by atoms with Gasteiger partial charge in [-0.1, -0.05) is 0 Å². The van der Waals surface area contributed by atoms with Crippen LogP contribution < -0.4 is 14.8 Å². The second kappa shape index (κ2) is 7.93. The van der Waals surface area contributed by atoms with Crippen molar-refractivity contribution in [2.45, 2.75) is 60.0 Å². The quantitative estimate of drug-likeness (QED) is 0.756. The Balaban J connectivity index is 1.83. The first-order valence-corrected chi connectivity index (χ1v) is 9.95. The topological polar surface area (TPSA) is 80.7 Å². The molecule has 0 amide bonds. The minimum absolute atomic E-state index is 0.342. The Morgan fingerprint density at radius 1 is 1.21 bits per heavy atom. The molecule has 156 valence electrons. The van der Waals surface area contributed by atoms with E-state index in [0.717, 1.165) is 52.4 Å². The second-order valence-corrected chi connectivity index (χ2v) is 8.27.